The molecular weight excluding hydrogens is 260 g/mol. The highest BCUT2D eigenvalue weighted by molar-refractivity contribution is 6.08. The average Bonchev–Trinajstić information content (AvgIpc) is 2.53. The Morgan fingerprint density at radius 3 is 2.33 bits per heavy atom. The molecule has 2 nitrogen and oxygen atoms in total. The minimum atomic E-state index is -0.0335. The summed E-state index contributed by atoms with van der Waals surface area (Å²) in [5, 5.41) is 11.4. The van der Waals surface area contributed by atoms with Gasteiger partial charge in [0.25, 0.3) is 0 Å². The Labute approximate surface area is 123 Å². The van der Waals surface area contributed by atoms with Crippen molar-refractivity contribution in [2.45, 2.75) is 0 Å². The zero-order valence-electron chi connectivity index (χ0n) is 11.4. The van der Waals surface area contributed by atoms with Gasteiger partial charge in [-0.25, -0.2) is 0 Å². The van der Waals surface area contributed by atoms with E-state index in [1.54, 1.807) is 36.4 Å². The maximum absolute atomic E-state index is 12.2. The molecule has 0 bridgehead atoms. The van der Waals surface area contributed by atoms with E-state index in [2.05, 4.69) is 0 Å². The molecule has 2 heteroatoms. The van der Waals surface area contributed by atoms with Gasteiger partial charge in [0.05, 0.1) is 0 Å². The van der Waals surface area contributed by atoms with Crippen molar-refractivity contribution in [1.82, 2.24) is 0 Å². The zero-order valence-corrected chi connectivity index (χ0v) is 11.4. The minimum Gasteiger partial charge on any atom is -0.508 e. The monoisotopic (exact) mass is 274 g/mol. The number of benzene rings is 3. The molecule has 0 amide bonds. The lowest BCUT2D eigenvalue weighted by atomic mass is 10.0. The van der Waals surface area contributed by atoms with Gasteiger partial charge in [-0.05, 0) is 40.6 Å². The first-order valence-corrected chi connectivity index (χ1v) is 6.73. The molecular formula is C19H14O2. The van der Waals surface area contributed by atoms with Crippen LogP contribution in [0.4, 0.5) is 0 Å². The fourth-order valence-electron chi connectivity index (χ4n) is 2.20. The summed E-state index contributed by atoms with van der Waals surface area (Å²) in [6.45, 7) is 0. The van der Waals surface area contributed by atoms with Crippen LogP contribution in [0.3, 0.4) is 0 Å². The van der Waals surface area contributed by atoms with Crippen LogP contribution in [0.2, 0.25) is 0 Å². The Morgan fingerprint density at radius 2 is 1.57 bits per heavy atom. The molecule has 3 rings (SSSR count). The Kier molecular flexibility index (Phi) is 3.52. The third kappa shape index (κ3) is 3.00. The quantitative estimate of drug-likeness (QED) is 0.566. The van der Waals surface area contributed by atoms with Crippen molar-refractivity contribution in [2.24, 2.45) is 0 Å². The third-order valence-electron chi connectivity index (χ3n) is 3.35. The van der Waals surface area contributed by atoms with Gasteiger partial charge in [0.1, 0.15) is 5.75 Å². The lowest BCUT2D eigenvalue weighted by Crippen LogP contribution is -1.93. The van der Waals surface area contributed by atoms with E-state index in [0.29, 0.717) is 5.56 Å². The molecule has 21 heavy (non-hydrogen) atoms. The summed E-state index contributed by atoms with van der Waals surface area (Å²) >= 11 is 0. The molecule has 0 radical (unpaired) electrons. The molecule has 0 saturated heterocycles. The summed E-state index contributed by atoms with van der Waals surface area (Å²) in [6, 6.07) is 20.4. The van der Waals surface area contributed by atoms with Gasteiger partial charge in [-0.2, -0.15) is 0 Å². The van der Waals surface area contributed by atoms with Gasteiger partial charge in [-0.3, -0.25) is 4.79 Å². The molecule has 0 aromatic heterocycles. The zero-order chi connectivity index (χ0) is 14.7. The number of ketones is 1. The van der Waals surface area contributed by atoms with Crippen molar-refractivity contribution in [3.8, 4) is 5.75 Å². The average molecular weight is 274 g/mol. The van der Waals surface area contributed by atoms with Crippen molar-refractivity contribution >= 4 is 22.6 Å². The van der Waals surface area contributed by atoms with Crippen molar-refractivity contribution in [2.75, 3.05) is 0 Å². The van der Waals surface area contributed by atoms with E-state index in [1.165, 1.54) is 0 Å². The number of phenols is 1. The van der Waals surface area contributed by atoms with Crippen LogP contribution in [0.1, 0.15) is 15.9 Å². The normalized spacial score (nSPS) is 11.0. The van der Waals surface area contributed by atoms with E-state index < -0.39 is 0 Å². The molecule has 1 N–H and O–H groups in total. The van der Waals surface area contributed by atoms with E-state index in [-0.39, 0.29) is 11.5 Å². The number of aromatic hydroxyl groups is 1. The lowest BCUT2D eigenvalue weighted by Gasteiger charge is -2.00. The SMILES string of the molecule is O=C(/C=C\c1ccc(O)cc1)c1ccc2ccccc2c1. The summed E-state index contributed by atoms with van der Waals surface area (Å²) in [4.78, 5) is 12.2. The molecule has 0 aliphatic rings. The standard InChI is InChI=1S/C19H14O2/c20-18-10-5-14(6-11-18)7-12-19(21)17-9-8-15-3-1-2-4-16(15)13-17/h1-13,20H/b12-7-. The first-order chi connectivity index (χ1) is 10.2. The number of hydrogen-bond acceptors (Lipinski definition) is 2. The van der Waals surface area contributed by atoms with Gasteiger partial charge in [-0.1, -0.05) is 54.6 Å². The smallest absolute Gasteiger partial charge is 0.185 e. The van der Waals surface area contributed by atoms with E-state index in [9.17, 15) is 9.90 Å². The maximum atomic E-state index is 12.2. The molecule has 0 aliphatic heterocycles. The van der Waals surface area contributed by atoms with Crippen LogP contribution >= 0.6 is 0 Å². The molecule has 0 unspecified atom stereocenters. The van der Waals surface area contributed by atoms with Gasteiger partial charge < -0.3 is 5.11 Å². The van der Waals surface area contributed by atoms with Gasteiger partial charge in [0.2, 0.25) is 0 Å². The Hall–Kier alpha value is -2.87. The minimum absolute atomic E-state index is 0.0335. The van der Waals surface area contributed by atoms with Gasteiger partial charge in [0.15, 0.2) is 5.78 Å². The predicted octanol–water partition coefficient (Wildman–Crippen LogP) is 4.44. The number of phenolic OH excluding ortho intramolecular Hbond substituents is 1. The second-order valence-corrected chi connectivity index (χ2v) is 4.85. The Bertz CT molecular complexity index is 814. The van der Waals surface area contributed by atoms with Crippen LogP contribution < -0.4 is 0 Å². The van der Waals surface area contributed by atoms with Crippen molar-refractivity contribution in [3.05, 3.63) is 83.9 Å². The Morgan fingerprint density at radius 1 is 0.857 bits per heavy atom. The summed E-state index contributed by atoms with van der Waals surface area (Å²) < 4.78 is 0. The summed E-state index contributed by atoms with van der Waals surface area (Å²) in [7, 11) is 0. The van der Waals surface area contributed by atoms with Gasteiger partial charge in [-0.15, -0.1) is 0 Å². The van der Waals surface area contributed by atoms with Crippen LogP contribution in [0.5, 0.6) is 5.75 Å². The second-order valence-electron chi connectivity index (χ2n) is 4.85. The van der Waals surface area contributed by atoms with E-state index in [4.69, 9.17) is 0 Å². The first kappa shape index (κ1) is 13.1. The van der Waals surface area contributed by atoms with E-state index in [1.807, 2.05) is 42.5 Å². The molecule has 0 saturated carbocycles. The molecule has 3 aromatic carbocycles. The third-order valence-corrected chi connectivity index (χ3v) is 3.35. The van der Waals surface area contributed by atoms with Crippen molar-refractivity contribution in [3.63, 3.8) is 0 Å². The van der Waals surface area contributed by atoms with Crippen LogP contribution in [-0.4, -0.2) is 10.9 Å². The molecule has 0 atom stereocenters. The van der Waals surface area contributed by atoms with Crippen LogP contribution in [0, 0.1) is 0 Å². The molecule has 0 fully saturated rings. The van der Waals surface area contributed by atoms with Crippen LogP contribution in [-0.2, 0) is 0 Å². The van der Waals surface area contributed by atoms with E-state index >= 15 is 0 Å². The summed E-state index contributed by atoms with van der Waals surface area (Å²) in [5.74, 6) is 0.182. The van der Waals surface area contributed by atoms with Crippen LogP contribution in [0.15, 0.2) is 72.8 Å². The number of carbonyl (C=O) groups excluding carboxylic acids is 1. The van der Waals surface area contributed by atoms with Crippen LogP contribution in [0.25, 0.3) is 16.8 Å². The highest BCUT2D eigenvalue weighted by Gasteiger charge is 2.02. The molecule has 0 heterocycles. The Balaban J connectivity index is 1.84. The van der Waals surface area contributed by atoms with Gasteiger partial charge in [0, 0.05) is 5.56 Å². The second kappa shape index (κ2) is 5.63. The van der Waals surface area contributed by atoms with Crippen molar-refractivity contribution < 1.29 is 9.90 Å². The highest BCUT2D eigenvalue weighted by atomic mass is 16.3. The first-order valence-electron chi connectivity index (χ1n) is 6.73. The number of fused-ring (bicyclic) bond motifs is 1. The fourth-order valence-corrected chi connectivity index (χ4v) is 2.20. The van der Waals surface area contributed by atoms with Gasteiger partial charge >= 0.3 is 0 Å². The summed E-state index contributed by atoms with van der Waals surface area (Å²) in [5.41, 5.74) is 1.55. The largest absolute Gasteiger partial charge is 0.508 e. The highest BCUT2D eigenvalue weighted by Crippen LogP contribution is 2.17. The molecule has 0 aliphatic carbocycles. The lowest BCUT2D eigenvalue weighted by molar-refractivity contribution is 0.104. The summed E-state index contributed by atoms with van der Waals surface area (Å²) in [6.07, 6.45) is 3.30. The van der Waals surface area contributed by atoms with Crippen molar-refractivity contribution in [1.29, 1.82) is 0 Å². The van der Waals surface area contributed by atoms with E-state index in [0.717, 1.165) is 16.3 Å². The number of carbonyl (C=O) groups is 1. The molecule has 102 valence electrons. The molecule has 0 spiro atoms. The number of rotatable bonds is 3. The number of allylic oxidation sites excluding steroid dienone is 1. The predicted molar refractivity (Wildman–Crippen MR) is 85.4 cm³/mol. The fraction of sp³-hybridized carbons (Fsp3) is 0. The number of hydrogen-bond donors (Lipinski definition) is 1. The maximum Gasteiger partial charge on any atom is 0.185 e. The molecule has 3 aromatic rings. The topological polar surface area (TPSA) is 37.3 Å².